The van der Waals surface area contributed by atoms with E-state index >= 15 is 0 Å². The fourth-order valence-electron chi connectivity index (χ4n) is 4.50. The summed E-state index contributed by atoms with van der Waals surface area (Å²) in [5.41, 5.74) is 3.78. The van der Waals surface area contributed by atoms with Crippen LogP contribution in [-0.4, -0.2) is 64.8 Å². The van der Waals surface area contributed by atoms with E-state index in [4.69, 9.17) is 14.8 Å². The number of anilines is 1. The number of ether oxygens (including phenoxy) is 1. The van der Waals surface area contributed by atoms with Crippen LogP contribution in [0.4, 0.5) is 5.82 Å². The van der Waals surface area contributed by atoms with E-state index in [1.807, 2.05) is 21.8 Å². The van der Waals surface area contributed by atoms with Gasteiger partial charge in [0.25, 0.3) is 0 Å². The van der Waals surface area contributed by atoms with Crippen molar-refractivity contribution in [2.45, 2.75) is 32.1 Å². The Morgan fingerprint density at radius 3 is 2.81 bits per heavy atom. The van der Waals surface area contributed by atoms with Crippen molar-refractivity contribution in [2.24, 2.45) is 5.92 Å². The molecule has 2 saturated heterocycles. The van der Waals surface area contributed by atoms with Crippen LogP contribution < -0.4 is 4.90 Å². The molecule has 2 aromatic rings. The van der Waals surface area contributed by atoms with Gasteiger partial charge in [0.2, 0.25) is 5.91 Å². The molecule has 0 radical (unpaired) electrons. The Balaban J connectivity index is 1.36. The Morgan fingerprint density at radius 2 is 2.00 bits per heavy atom. The topological polar surface area (TPSA) is 63.0 Å². The number of carbonyl (C=O) groups is 1. The van der Waals surface area contributed by atoms with Gasteiger partial charge in [-0.3, -0.25) is 4.79 Å². The lowest BCUT2D eigenvalue weighted by Gasteiger charge is -2.36. The summed E-state index contributed by atoms with van der Waals surface area (Å²) < 4.78 is 7.38. The monoisotopic (exact) mass is 355 g/mol. The van der Waals surface area contributed by atoms with Crippen LogP contribution in [0.1, 0.15) is 30.5 Å². The van der Waals surface area contributed by atoms with Crippen LogP contribution in [0.3, 0.4) is 0 Å². The Morgan fingerprint density at radius 1 is 1.15 bits per heavy atom. The van der Waals surface area contributed by atoms with Crippen LogP contribution in [0.25, 0.3) is 5.52 Å². The first-order chi connectivity index (χ1) is 12.8. The van der Waals surface area contributed by atoms with Crippen LogP contribution in [0.2, 0.25) is 0 Å². The largest absolute Gasteiger partial charge is 0.381 e. The Labute approximate surface area is 152 Å². The van der Waals surface area contributed by atoms with Crippen molar-refractivity contribution in [3.05, 3.63) is 23.7 Å². The number of hydrogen-bond acceptors (Lipinski definition) is 5. The maximum atomic E-state index is 12.6. The summed E-state index contributed by atoms with van der Waals surface area (Å²) in [5, 5.41) is 4.78. The third-order valence-electron chi connectivity index (χ3n) is 5.97. The molecule has 1 amide bonds. The van der Waals surface area contributed by atoms with Gasteiger partial charge < -0.3 is 14.5 Å². The number of amides is 1. The third-order valence-corrected chi connectivity index (χ3v) is 5.97. The Kier molecular flexibility index (Phi) is 4.04. The summed E-state index contributed by atoms with van der Waals surface area (Å²) in [5.74, 6) is 1.35. The van der Waals surface area contributed by atoms with Gasteiger partial charge in [-0.25, -0.2) is 9.50 Å². The van der Waals surface area contributed by atoms with Gasteiger partial charge in [-0.15, -0.1) is 0 Å². The zero-order chi connectivity index (χ0) is 17.5. The molecule has 0 saturated carbocycles. The van der Waals surface area contributed by atoms with Gasteiger partial charge in [-0.05, 0) is 32.1 Å². The van der Waals surface area contributed by atoms with E-state index in [0.717, 1.165) is 51.3 Å². The van der Waals surface area contributed by atoms with Crippen LogP contribution in [0, 0.1) is 5.92 Å². The molecule has 1 aliphatic carbocycles. The number of aryl methyl sites for hydroxylation is 2. The minimum absolute atomic E-state index is 0.0601. The van der Waals surface area contributed by atoms with Gasteiger partial charge in [0.05, 0.1) is 18.2 Å². The molecule has 0 N–H and O–H groups in total. The second-order valence-electron chi connectivity index (χ2n) is 7.55. The molecule has 4 heterocycles. The molecular weight excluding hydrogens is 330 g/mol. The first kappa shape index (κ1) is 16.1. The van der Waals surface area contributed by atoms with E-state index in [1.54, 1.807) is 0 Å². The molecule has 0 bridgehead atoms. The Bertz CT molecular complexity index is 819. The zero-order valence-electron chi connectivity index (χ0n) is 15.1. The average molecular weight is 355 g/mol. The van der Waals surface area contributed by atoms with Crippen LogP contribution >= 0.6 is 0 Å². The molecule has 0 spiro atoms. The van der Waals surface area contributed by atoms with Crippen LogP contribution in [0.5, 0.6) is 0 Å². The van der Waals surface area contributed by atoms with E-state index in [1.165, 1.54) is 29.6 Å². The summed E-state index contributed by atoms with van der Waals surface area (Å²) >= 11 is 0. The lowest BCUT2D eigenvalue weighted by atomic mass is 9.97. The van der Waals surface area contributed by atoms with E-state index in [-0.39, 0.29) is 11.8 Å². The molecule has 0 aromatic carbocycles. The van der Waals surface area contributed by atoms with Crippen LogP contribution in [0.15, 0.2) is 12.4 Å². The third kappa shape index (κ3) is 2.65. The lowest BCUT2D eigenvalue weighted by molar-refractivity contribution is -0.135. The number of fused-ring (bicyclic) bond motifs is 3. The van der Waals surface area contributed by atoms with Crippen molar-refractivity contribution in [3.63, 3.8) is 0 Å². The quantitative estimate of drug-likeness (QED) is 0.812. The van der Waals surface area contributed by atoms with Crippen molar-refractivity contribution < 1.29 is 9.53 Å². The van der Waals surface area contributed by atoms with Crippen LogP contribution in [-0.2, 0) is 22.4 Å². The van der Waals surface area contributed by atoms with E-state index in [0.29, 0.717) is 13.2 Å². The second-order valence-corrected chi connectivity index (χ2v) is 7.55. The summed E-state index contributed by atoms with van der Waals surface area (Å²) in [4.78, 5) is 21.6. The number of hydrogen-bond donors (Lipinski definition) is 0. The first-order valence-electron chi connectivity index (χ1n) is 9.78. The molecule has 2 fully saturated rings. The maximum Gasteiger partial charge on any atom is 0.228 e. The molecular formula is C19H25N5O2. The highest BCUT2D eigenvalue weighted by atomic mass is 16.5. The van der Waals surface area contributed by atoms with Gasteiger partial charge in [-0.1, -0.05) is 0 Å². The van der Waals surface area contributed by atoms with Gasteiger partial charge in [0, 0.05) is 50.7 Å². The molecule has 3 aliphatic rings. The summed E-state index contributed by atoms with van der Waals surface area (Å²) in [6.45, 7) is 4.47. The molecule has 1 atom stereocenters. The van der Waals surface area contributed by atoms with E-state index < -0.39 is 0 Å². The lowest BCUT2D eigenvalue weighted by Crippen LogP contribution is -2.50. The number of carbonyl (C=O) groups excluding carboxylic acids is 1. The van der Waals surface area contributed by atoms with Gasteiger partial charge in [0.15, 0.2) is 5.82 Å². The molecule has 7 heteroatoms. The van der Waals surface area contributed by atoms with E-state index in [9.17, 15) is 4.79 Å². The highest BCUT2D eigenvalue weighted by Gasteiger charge is 2.31. The Hall–Kier alpha value is -2.15. The first-order valence-corrected chi connectivity index (χ1v) is 9.78. The SMILES string of the molecule is O=C([C@H]1CCOC1)N1CCN(c2nccn3nc4c(c23)CCCC4)CC1. The summed E-state index contributed by atoms with van der Waals surface area (Å²) in [6.07, 6.45) is 9.28. The predicted molar refractivity (Wildman–Crippen MR) is 97.3 cm³/mol. The standard InChI is InChI=1S/C19H25N5O2/c25-19(14-5-12-26-13-14)23-10-8-22(9-11-23)18-17-15-3-1-2-4-16(15)21-24(17)7-6-20-18/h6-7,14H,1-5,8-13H2/t14-/m0/s1. The maximum absolute atomic E-state index is 12.6. The highest BCUT2D eigenvalue weighted by molar-refractivity contribution is 5.80. The van der Waals surface area contributed by atoms with Crippen molar-refractivity contribution in [1.82, 2.24) is 19.5 Å². The van der Waals surface area contributed by atoms with Gasteiger partial charge >= 0.3 is 0 Å². The molecule has 2 aromatic heterocycles. The fourth-order valence-corrected chi connectivity index (χ4v) is 4.50. The molecule has 26 heavy (non-hydrogen) atoms. The van der Waals surface area contributed by atoms with Gasteiger partial charge in [-0.2, -0.15) is 5.10 Å². The van der Waals surface area contributed by atoms with Crippen molar-refractivity contribution in [2.75, 3.05) is 44.3 Å². The minimum atomic E-state index is 0.0601. The average Bonchev–Trinajstić information content (AvgIpc) is 3.35. The van der Waals surface area contributed by atoms with Crippen molar-refractivity contribution in [3.8, 4) is 0 Å². The number of rotatable bonds is 2. The normalized spacial score (nSPS) is 23.5. The molecule has 7 nitrogen and oxygen atoms in total. The number of aromatic nitrogens is 3. The number of piperazine rings is 1. The second kappa shape index (κ2) is 6.54. The zero-order valence-corrected chi connectivity index (χ0v) is 15.1. The van der Waals surface area contributed by atoms with Crippen molar-refractivity contribution >= 4 is 17.2 Å². The van der Waals surface area contributed by atoms with Gasteiger partial charge in [0.1, 0.15) is 5.52 Å². The van der Waals surface area contributed by atoms with Crippen molar-refractivity contribution in [1.29, 1.82) is 0 Å². The summed E-state index contributed by atoms with van der Waals surface area (Å²) in [7, 11) is 0. The molecule has 5 rings (SSSR count). The smallest absolute Gasteiger partial charge is 0.228 e. The summed E-state index contributed by atoms with van der Waals surface area (Å²) in [6, 6.07) is 0. The molecule has 138 valence electrons. The number of nitrogens with zero attached hydrogens (tertiary/aromatic N) is 5. The van der Waals surface area contributed by atoms with E-state index in [2.05, 4.69) is 4.90 Å². The molecule has 0 unspecified atom stereocenters. The minimum Gasteiger partial charge on any atom is -0.381 e. The predicted octanol–water partition coefficient (Wildman–Crippen LogP) is 1.29. The fraction of sp³-hybridized carbons (Fsp3) is 0.632. The highest BCUT2D eigenvalue weighted by Crippen LogP contribution is 2.30. The molecule has 2 aliphatic heterocycles.